The molecule has 1 atom stereocenters. The van der Waals surface area contributed by atoms with Gasteiger partial charge in [-0.1, -0.05) is 27.6 Å². The van der Waals surface area contributed by atoms with Gasteiger partial charge in [0, 0.05) is 10.5 Å². The summed E-state index contributed by atoms with van der Waals surface area (Å²) >= 11 is 3.14. The molecule has 0 rings (SSSR count). The van der Waals surface area contributed by atoms with E-state index in [9.17, 15) is 9.59 Å². The van der Waals surface area contributed by atoms with Crippen LogP contribution in [0.25, 0.3) is 10.4 Å². The number of halogens is 1. The van der Waals surface area contributed by atoms with Crippen molar-refractivity contribution >= 4 is 27.9 Å². The van der Waals surface area contributed by atoms with Crippen LogP contribution in [0.1, 0.15) is 20.8 Å². The van der Waals surface area contributed by atoms with Gasteiger partial charge >= 0.3 is 11.9 Å². The molecule has 0 radical (unpaired) electrons. The Bertz CT molecular complexity index is 411. The first-order chi connectivity index (χ1) is 8.68. The number of ether oxygens (including phenoxy) is 2. The average Bonchev–Trinajstić information content (AvgIpc) is 2.30. The second-order valence-electron chi connectivity index (χ2n) is 4.29. The van der Waals surface area contributed by atoms with Crippen LogP contribution in [-0.2, 0) is 19.1 Å². The quantitative estimate of drug-likeness (QED) is 0.178. The molecule has 8 heteroatoms. The molecule has 0 aliphatic carbocycles. The molecule has 0 amide bonds. The predicted octanol–water partition coefficient (Wildman–Crippen LogP) is 2.50. The largest absolute Gasteiger partial charge is 0.458 e. The molecule has 106 valence electrons. The Labute approximate surface area is 119 Å². The lowest BCUT2D eigenvalue weighted by atomic mass is 10.2. The molecule has 0 aliphatic rings. The minimum atomic E-state index is -0.875. The van der Waals surface area contributed by atoms with Crippen LogP contribution in [0.5, 0.6) is 0 Å². The third kappa shape index (κ3) is 7.48. The highest BCUT2D eigenvalue weighted by molar-refractivity contribution is 9.10. The van der Waals surface area contributed by atoms with Gasteiger partial charge in [0.05, 0.1) is 6.54 Å². The molecular weight excluding hydrogens is 318 g/mol. The summed E-state index contributed by atoms with van der Waals surface area (Å²) in [6, 6.07) is 0. The summed E-state index contributed by atoms with van der Waals surface area (Å²) in [5.41, 5.74) is 8.49. The highest BCUT2D eigenvalue weighted by atomic mass is 79.9. The highest BCUT2D eigenvalue weighted by Gasteiger charge is 2.28. The van der Waals surface area contributed by atoms with Gasteiger partial charge in [-0.05, 0) is 26.3 Å². The van der Waals surface area contributed by atoms with Crippen LogP contribution >= 0.6 is 15.9 Å². The van der Waals surface area contributed by atoms with Crippen LogP contribution in [0.4, 0.5) is 0 Å². The number of hydrogen-bond donors (Lipinski definition) is 0. The van der Waals surface area contributed by atoms with Gasteiger partial charge in [0.1, 0.15) is 17.0 Å². The number of hydrogen-bond acceptors (Lipinski definition) is 5. The van der Waals surface area contributed by atoms with Crippen molar-refractivity contribution in [2.24, 2.45) is 5.11 Å². The van der Waals surface area contributed by atoms with E-state index in [1.807, 2.05) is 0 Å². The van der Waals surface area contributed by atoms with Gasteiger partial charge in [0.25, 0.3) is 0 Å². The Balaban J connectivity index is 4.55. The SMILES string of the molecule is C=C(C)C(=O)OCC(CN=[N+]=[N-])OC(=O)C(C)(C)Br. The first kappa shape index (κ1) is 17.5. The number of nitrogens with zero attached hydrogens (tertiary/aromatic N) is 3. The lowest BCUT2D eigenvalue weighted by molar-refractivity contribution is -0.157. The molecule has 0 bridgehead atoms. The topological polar surface area (TPSA) is 101 Å². The fourth-order valence-corrected chi connectivity index (χ4v) is 0.928. The summed E-state index contributed by atoms with van der Waals surface area (Å²) in [4.78, 5) is 25.5. The molecule has 0 saturated heterocycles. The molecule has 0 aromatic rings. The normalized spacial score (nSPS) is 12.0. The molecular formula is C11H16BrN3O4. The van der Waals surface area contributed by atoms with Crippen molar-refractivity contribution in [2.45, 2.75) is 31.2 Å². The molecule has 0 aromatic heterocycles. The summed E-state index contributed by atoms with van der Waals surface area (Å²) in [6.07, 6.45) is -0.830. The summed E-state index contributed by atoms with van der Waals surface area (Å²) < 4.78 is 9.08. The van der Waals surface area contributed by atoms with Gasteiger partial charge in [-0.25, -0.2) is 4.79 Å². The van der Waals surface area contributed by atoms with Gasteiger partial charge in [-0.2, -0.15) is 0 Å². The molecule has 0 saturated carbocycles. The van der Waals surface area contributed by atoms with E-state index < -0.39 is 22.4 Å². The molecule has 0 spiro atoms. The van der Waals surface area contributed by atoms with Crippen LogP contribution in [0.15, 0.2) is 17.3 Å². The monoisotopic (exact) mass is 333 g/mol. The summed E-state index contributed by atoms with van der Waals surface area (Å²) in [7, 11) is 0. The second-order valence-corrected chi connectivity index (χ2v) is 6.27. The van der Waals surface area contributed by atoms with E-state index in [2.05, 4.69) is 32.5 Å². The average molecular weight is 334 g/mol. The van der Waals surface area contributed by atoms with E-state index in [1.165, 1.54) is 6.92 Å². The number of rotatable bonds is 7. The predicted molar refractivity (Wildman–Crippen MR) is 72.7 cm³/mol. The second kappa shape index (κ2) is 7.81. The van der Waals surface area contributed by atoms with E-state index in [-0.39, 0.29) is 18.7 Å². The van der Waals surface area contributed by atoms with Gasteiger partial charge < -0.3 is 9.47 Å². The van der Waals surface area contributed by atoms with Crippen LogP contribution in [0, 0.1) is 0 Å². The van der Waals surface area contributed by atoms with Gasteiger partial charge in [-0.15, -0.1) is 0 Å². The Hall–Kier alpha value is -1.53. The maximum atomic E-state index is 11.7. The summed E-state index contributed by atoms with van der Waals surface area (Å²) in [5, 5.41) is 3.30. The van der Waals surface area contributed by atoms with E-state index >= 15 is 0 Å². The van der Waals surface area contributed by atoms with Crippen molar-refractivity contribution in [1.82, 2.24) is 0 Å². The van der Waals surface area contributed by atoms with Crippen molar-refractivity contribution in [3.8, 4) is 0 Å². The van der Waals surface area contributed by atoms with E-state index in [0.29, 0.717) is 0 Å². The maximum absolute atomic E-state index is 11.7. The van der Waals surface area contributed by atoms with Gasteiger partial charge in [-0.3, -0.25) is 4.79 Å². The van der Waals surface area contributed by atoms with Crippen molar-refractivity contribution in [2.75, 3.05) is 13.2 Å². The van der Waals surface area contributed by atoms with Crippen LogP contribution in [0.2, 0.25) is 0 Å². The fourth-order valence-electron chi connectivity index (χ4n) is 0.835. The van der Waals surface area contributed by atoms with Crippen LogP contribution < -0.4 is 0 Å². The molecule has 0 aromatic carbocycles. The highest BCUT2D eigenvalue weighted by Crippen LogP contribution is 2.18. The number of carbonyl (C=O) groups excluding carboxylic acids is 2. The minimum absolute atomic E-state index is 0.116. The number of esters is 2. The van der Waals surface area contributed by atoms with Crippen LogP contribution in [0.3, 0.4) is 0 Å². The summed E-state index contributed by atoms with van der Waals surface area (Å²) in [6.45, 7) is 7.83. The first-order valence-corrected chi connectivity index (χ1v) is 6.21. The zero-order chi connectivity index (χ0) is 15.1. The third-order valence-corrected chi connectivity index (χ3v) is 2.18. The van der Waals surface area contributed by atoms with Crippen molar-refractivity contribution in [1.29, 1.82) is 0 Å². The third-order valence-electron chi connectivity index (χ3n) is 1.86. The van der Waals surface area contributed by atoms with Crippen molar-refractivity contribution in [3.63, 3.8) is 0 Å². The molecule has 19 heavy (non-hydrogen) atoms. The molecule has 0 fully saturated rings. The van der Waals surface area contributed by atoms with Gasteiger partial charge in [0.15, 0.2) is 0 Å². The molecule has 0 aliphatic heterocycles. The Morgan fingerprint density at radius 2 is 2.11 bits per heavy atom. The molecule has 0 heterocycles. The zero-order valence-electron chi connectivity index (χ0n) is 11.1. The Kier molecular flexibility index (Phi) is 7.18. The molecule has 0 N–H and O–H groups in total. The molecule has 7 nitrogen and oxygen atoms in total. The number of alkyl halides is 1. The number of azide groups is 1. The lowest BCUT2D eigenvalue weighted by Crippen LogP contribution is -2.35. The van der Waals surface area contributed by atoms with Crippen molar-refractivity contribution < 1.29 is 19.1 Å². The van der Waals surface area contributed by atoms with Crippen molar-refractivity contribution in [3.05, 3.63) is 22.6 Å². The first-order valence-electron chi connectivity index (χ1n) is 5.42. The minimum Gasteiger partial charge on any atom is -0.458 e. The van der Waals surface area contributed by atoms with E-state index in [0.717, 1.165) is 0 Å². The smallest absolute Gasteiger partial charge is 0.333 e. The molecule has 1 unspecified atom stereocenters. The lowest BCUT2D eigenvalue weighted by Gasteiger charge is -2.21. The van der Waals surface area contributed by atoms with E-state index in [1.54, 1.807) is 13.8 Å². The number of carbonyl (C=O) groups is 2. The standard InChI is InChI=1S/C11H16BrN3O4/c1-7(2)9(16)18-6-8(5-14-15-13)19-10(17)11(3,4)12/h8H,1,5-6H2,2-4H3. The Morgan fingerprint density at radius 3 is 2.53 bits per heavy atom. The zero-order valence-corrected chi connectivity index (χ0v) is 12.6. The Morgan fingerprint density at radius 1 is 1.53 bits per heavy atom. The fraction of sp³-hybridized carbons (Fsp3) is 0.636. The van der Waals surface area contributed by atoms with Crippen LogP contribution in [-0.4, -0.2) is 35.5 Å². The summed E-state index contributed by atoms with van der Waals surface area (Å²) in [5.74, 6) is -1.14. The van der Waals surface area contributed by atoms with E-state index in [4.69, 9.17) is 15.0 Å². The van der Waals surface area contributed by atoms with Gasteiger partial charge in [0.2, 0.25) is 0 Å². The maximum Gasteiger partial charge on any atom is 0.333 e.